The zero-order valence-electron chi connectivity index (χ0n) is 24.1. The van der Waals surface area contributed by atoms with Crippen LogP contribution in [0, 0.1) is 20.2 Å². The van der Waals surface area contributed by atoms with Crippen molar-refractivity contribution in [2.24, 2.45) is 0 Å². The Kier molecular flexibility index (Phi) is 11.0. The molecule has 0 aliphatic carbocycles. The molecule has 4 rings (SSSR count). The van der Waals surface area contributed by atoms with E-state index in [0.717, 1.165) is 18.2 Å². The summed E-state index contributed by atoms with van der Waals surface area (Å²) in [5.41, 5.74) is -2.75. The number of carbonyl (C=O) groups excluding carboxylic acids is 1. The average Bonchev–Trinajstić information content (AvgIpc) is 3.05. The molecule has 0 aliphatic heterocycles. The Balaban J connectivity index is 1.20. The van der Waals surface area contributed by atoms with E-state index in [-0.39, 0.29) is 35.8 Å². The lowest BCUT2D eigenvalue weighted by Gasteiger charge is -2.10. The number of hydrogen-bond donors (Lipinski definition) is 2. The number of ether oxygens (including phenoxy) is 3. The molecule has 0 fully saturated rings. The van der Waals surface area contributed by atoms with E-state index in [4.69, 9.17) is 24.0 Å². The lowest BCUT2D eigenvalue weighted by Crippen LogP contribution is -2.16. The van der Waals surface area contributed by atoms with Crippen molar-refractivity contribution in [2.45, 2.75) is 13.0 Å². The zero-order valence-corrected chi connectivity index (χ0v) is 24.1. The van der Waals surface area contributed by atoms with E-state index in [1.54, 1.807) is 12.1 Å². The minimum absolute atomic E-state index is 0.0180. The van der Waals surface area contributed by atoms with E-state index < -0.39 is 56.9 Å². The first-order chi connectivity index (χ1) is 22.5. The molecule has 0 atom stereocenters. The summed E-state index contributed by atoms with van der Waals surface area (Å²) in [5.74, 6) is -2.85. The van der Waals surface area contributed by atoms with Gasteiger partial charge in [0.2, 0.25) is 0 Å². The second-order valence-corrected chi connectivity index (χ2v) is 9.36. The Hall–Kier alpha value is -6.55. The van der Waals surface area contributed by atoms with E-state index in [2.05, 4.69) is 0 Å². The number of carboxylic acids is 2. The SMILES string of the molecule is O=C(O)c1cccc([N+](=O)[O-])c1COOc1ccc(OCCCOc2ccc(OC(=O)c3c(C(=O)O)cccc3[N+](=O)[O-])cc2)cc1. The van der Waals surface area contributed by atoms with Crippen molar-refractivity contribution in [3.05, 3.63) is 127 Å². The Labute approximate surface area is 264 Å². The number of rotatable bonds is 16. The number of esters is 1. The third-order valence-electron chi connectivity index (χ3n) is 6.29. The van der Waals surface area contributed by atoms with Gasteiger partial charge in [-0.05, 0) is 60.7 Å². The van der Waals surface area contributed by atoms with Crippen LogP contribution in [0.25, 0.3) is 0 Å². The van der Waals surface area contributed by atoms with Crippen molar-refractivity contribution >= 4 is 29.3 Å². The van der Waals surface area contributed by atoms with Crippen LogP contribution in [0.3, 0.4) is 0 Å². The zero-order chi connectivity index (χ0) is 33.9. The summed E-state index contributed by atoms with van der Waals surface area (Å²) in [6.07, 6.45) is 0.482. The van der Waals surface area contributed by atoms with Crippen LogP contribution in [0.4, 0.5) is 11.4 Å². The van der Waals surface area contributed by atoms with Crippen LogP contribution in [0.2, 0.25) is 0 Å². The van der Waals surface area contributed by atoms with Gasteiger partial charge in [0.05, 0.1) is 39.8 Å². The molecule has 0 aromatic heterocycles. The van der Waals surface area contributed by atoms with Crippen LogP contribution in [0.15, 0.2) is 84.9 Å². The third-order valence-corrected chi connectivity index (χ3v) is 6.29. The standard InChI is InChI=1S/C31H24N2O14/c34-29(35)23-4-1-6-26(32(39)40)25(23)18-45-47-22-14-10-20(11-15-22)44-17-3-16-43-19-8-12-21(13-9-19)46-31(38)28-24(30(36)37)5-2-7-27(28)33(41)42/h1-2,4-15H,3,16-18H2,(H,34,35)(H,36,37). The predicted octanol–water partition coefficient (Wildman–Crippen LogP) is 5.48. The number of carboxylic acid groups (broad SMARTS) is 2. The number of aromatic carboxylic acids is 2. The quantitative estimate of drug-likeness (QED) is 0.0383. The molecular weight excluding hydrogens is 624 g/mol. The van der Waals surface area contributed by atoms with Gasteiger partial charge in [-0.3, -0.25) is 20.2 Å². The van der Waals surface area contributed by atoms with Crippen molar-refractivity contribution in [3.63, 3.8) is 0 Å². The van der Waals surface area contributed by atoms with Crippen LogP contribution in [-0.2, 0) is 11.5 Å². The smallest absolute Gasteiger partial charge is 0.351 e. The van der Waals surface area contributed by atoms with Gasteiger partial charge in [-0.1, -0.05) is 12.1 Å². The number of carbonyl (C=O) groups is 3. The summed E-state index contributed by atoms with van der Waals surface area (Å²) in [5, 5.41) is 41.2. The summed E-state index contributed by atoms with van der Waals surface area (Å²) in [7, 11) is 0. The van der Waals surface area contributed by atoms with Crippen LogP contribution >= 0.6 is 0 Å². The molecule has 4 aromatic rings. The Bertz CT molecular complexity index is 1720. The monoisotopic (exact) mass is 648 g/mol. The molecule has 2 N–H and O–H groups in total. The molecule has 0 saturated heterocycles. The molecule has 4 aromatic carbocycles. The first-order valence-electron chi connectivity index (χ1n) is 13.5. The number of hydrogen-bond acceptors (Lipinski definition) is 12. The van der Waals surface area contributed by atoms with Gasteiger partial charge >= 0.3 is 17.9 Å². The maximum absolute atomic E-state index is 12.6. The maximum atomic E-state index is 12.6. The van der Waals surface area contributed by atoms with Crippen molar-refractivity contribution in [1.29, 1.82) is 0 Å². The van der Waals surface area contributed by atoms with Crippen molar-refractivity contribution in [3.8, 4) is 23.0 Å². The lowest BCUT2D eigenvalue weighted by atomic mass is 10.1. The van der Waals surface area contributed by atoms with Gasteiger partial charge in [-0.2, -0.15) is 4.89 Å². The Morgan fingerprint density at radius 2 is 1.13 bits per heavy atom. The van der Waals surface area contributed by atoms with E-state index >= 15 is 0 Å². The Morgan fingerprint density at radius 3 is 1.66 bits per heavy atom. The maximum Gasteiger partial charge on any atom is 0.351 e. The highest BCUT2D eigenvalue weighted by Gasteiger charge is 2.29. The summed E-state index contributed by atoms with van der Waals surface area (Å²) >= 11 is 0. The third kappa shape index (κ3) is 8.77. The van der Waals surface area contributed by atoms with Gasteiger partial charge in [0, 0.05) is 18.6 Å². The van der Waals surface area contributed by atoms with Crippen LogP contribution < -0.4 is 19.1 Å². The van der Waals surface area contributed by atoms with E-state index in [1.807, 2.05) is 0 Å². The number of benzene rings is 4. The first kappa shape index (κ1) is 33.3. The first-order valence-corrected chi connectivity index (χ1v) is 13.5. The number of nitro benzene ring substituents is 2. The molecule has 0 heterocycles. The highest BCUT2D eigenvalue weighted by atomic mass is 17.2. The lowest BCUT2D eigenvalue weighted by molar-refractivity contribution is -0.386. The molecule has 16 heteroatoms. The van der Waals surface area contributed by atoms with Crippen molar-refractivity contribution in [2.75, 3.05) is 13.2 Å². The fourth-order valence-electron chi connectivity index (χ4n) is 4.13. The molecule has 0 spiro atoms. The topological polar surface area (TPSA) is 224 Å². The molecule has 0 aliphatic rings. The molecule has 0 amide bonds. The van der Waals surface area contributed by atoms with E-state index in [9.17, 15) is 44.8 Å². The number of nitrogens with zero attached hydrogens (tertiary/aromatic N) is 2. The molecular formula is C31H24N2O14. The van der Waals surface area contributed by atoms with Gasteiger partial charge < -0.3 is 29.3 Å². The summed E-state index contributed by atoms with van der Waals surface area (Å²) in [6, 6.07) is 18.9. The molecule has 0 saturated carbocycles. The molecule has 0 bridgehead atoms. The van der Waals surface area contributed by atoms with Crippen LogP contribution in [-0.4, -0.2) is 51.2 Å². The van der Waals surface area contributed by atoms with Gasteiger partial charge in [0.25, 0.3) is 11.4 Å². The van der Waals surface area contributed by atoms with Crippen molar-refractivity contribution in [1.82, 2.24) is 0 Å². The summed E-state index contributed by atoms with van der Waals surface area (Å²) in [6.45, 7) is 0.0666. The molecule has 47 heavy (non-hydrogen) atoms. The normalized spacial score (nSPS) is 10.5. The number of nitro groups is 2. The minimum Gasteiger partial charge on any atom is -0.493 e. The molecule has 16 nitrogen and oxygen atoms in total. The highest BCUT2D eigenvalue weighted by molar-refractivity contribution is 6.06. The van der Waals surface area contributed by atoms with E-state index in [0.29, 0.717) is 17.9 Å². The fourth-order valence-corrected chi connectivity index (χ4v) is 4.13. The minimum atomic E-state index is -1.51. The molecule has 0 radical (unpaired) electrons. The predicted molar refractivity (Wildman–Crippen MR) is 159 cm³/mol. The second-order valence-electron chi connectivity index (χ2n) is 9.36. The summed E-state index contributed by atoms with van der Waals surface area (Å²) < 4.78 is 16.4. The van der Waals surface area contributed by atoms with Gasteiger partial charge in [-0.15, -0.1) is 0 Å². The van der Waals surface area contributed by atoms with E-state index in [1.165, 1.54) is 54.6 Å². The summed E-state index contributed by atoms with van der Waals surface area (Å²) in [4.78, 5) is 66.7. The average molecular weight is 649 g/mol. The van der Waals surface area contributed by atoms with Gasteiger partial charge in [0.15, 0.2) is 11.3 Å². The van der Waals surface area contributed by atoms with Crippen molar-refractivity contribution < 1.29 is 58.4 Å². The molecule has 0 unspecified atom stereocenters. The van der Waals surface area contributed by atoms with Crippen LogP contribution in [0.5, 0.6) is 23.0 Å². The Morgan fingerprint density at radius 1 is 0.638 bits per heavy atom. The molecule has 242 valence electrons. The van der Waals surface area contributed by atoms with Gasteiger partial charge in [-0.25, -0.2) is 14.4 Å². The second kappa shape index (κ2) is 15.4. The van der Waals surface area contributed by atoms with Crippen LogP contribution in [0.1, 0.15) is 43.1 Å². The highest BCUT2D eigenvalue weighted by Crippen LogP contribution is 2.27. The largest absolute Gasteiger partial charge is 0.493 e. The van der Waals surface area contributed by atoms with Gasteiger partial charge in [0.1, 0.15) is 23.9 Å². The fraction of sp³-hybridized carbons (Fsp3) is 0.129.